The summed E-state index contributed by atoms with van der Waals surface area (Å²) in [6, 6.07) is 4.42. The van der Waals surface area contributed by atoms with E-state index in [1.807, 2.05) is 40.9 Å². The van der Waals surface area contributed by atoms with Gasteiger partial charge in [0.25, 0.3) is 5.91 Å². The molecule has 0 atom stereocenters. The summed E-state index contributed by atoms with van der Waals surface area (Å²) >= 11 is 0. The van der Waals surface area contributed by atoms with Crippen molar-refractivity contribution in [3.8, 4) is 0 Å². The number of nitrogens with zero attached hydrogens (tertiary/aromatic N) is 4. The molecule has 3 aliphatic rings. The van der Waals surface area contributed by atoms with E-state index in [9.17, 15) is 14.4 Å². The number of carbonyl (C=O) groups excluding carboxylic acids is 3. The highest BCUT2D eigenvalue weighted by atomic mass is 16.2. The topological polar surface area (TPSA) is 88.2 Å². The van der Waals surface area contributed by atoms with Crippen LogP contribution in [0.1, 0.15) is 44.7 Å². The molecular formula is C30H42N6O3. The third-order valence-corrected chi connectivity index (χ3v) is 7.48. The Morgan fingerprint density at radius 1 is 1.10 bits per heavy atom. The first-order valence-corrected chi connectivity index (χ1v) is 14.0. The first kappa shape index (κ1) is 28.4. The van der Waals surface area contributed by atoms with Crippen molar-refractivity contribution in [1.29, 1.82) is 0 Å². The van der Waals surface area contributed by atoms with Crippen LogP contribution in [0.2, 0.25) is 0 Å². The molecule has 2 aliphatic heterocycles. The van der Waals surface area contributed by atoms with Gasteiger partial charge in [0.2, 0.25) is 11.8 Å². The number of allylic oxidation sites excluding steroid dienone is 3. The highest BCUT2D eigenvalue weighted by molar-refractivity contribution is 5.97. The normalized spacial score (nSPS) is 16.1. The molecule has 0 aromatic heterocycles. The number of benzene rings is 1. The van der Waals surface area contributed by atoms with E-state index in [0.717, 1.165) is 28.9 Å². The molecule has 0 bridgehead atoms. The third kappa shape index (κ3) is 6.71. The number of rotatable bonds is 11. The zero-order chi connectivity index (χ0) is 28.1. The lowest BCUT2D eigenvalue weighted by Crippen LogP contribution is -2.48. The van der Waals surface area contributed by atoms with Gasteiger partial charge in [-0.25, -0.2) is 0 Å². The second kappa shape index (κ2) is 12.5. The van der Waals surface area contributed by atoms with Gasteiger partial charge in [-0.3, -0.25) is 24.4 Å². The van der Waals surface area contributed by atoms with Gasteiger partial charge in [0.1, 0.15) is 0 Å². The molecule has 0 fully saturated rings. The summed E-state index contributed by atoms with van der Waals surface area (Å²) in [5, 5.41) is 9.87. The predicted molar refractivity (Wildman–Crippen MR) is 155 cm³/mol. The number of nitrogens with one attached hydrogen (secondary N) is 2. The number of carbonyl (C=O) groups is 3. The maximum absolute atomic E-state index is 13.6. The molecular weight excluding hydrogens is 492 g/mol. The van der Waals surface area contributed by atoms with Gasteiger partial charge < -0.3 is 20.4 Å². The number of amides is 3. The van der Waals surface area contributed by atoms with Crippen LogP contribution in [0.15, 0.2) is 47.7 Å². The Hall–Kier alpha value is -3.59. The lowest BCUT2D eigenvalue weighted by atomic mass is 9.97. The van der Waals surface area contributed by atoms with E-state index in [4.69, 9.17) is 0 Å². The van der Waals surface area contributed by atoms with Gasteiger partial charge in [0.15, 0.2) is 0 Å². The summed E-state index contributed by atoms with van der Waals surface area (Å²) in [4.78, 5) is 42.7. The zero-order valence-electron chi connectivity index (χ0n) is 23.9. The predicted octanol–water partition coefficient (Wildman–Crippen LogP) is 2.67. The molecule has 9 nitrogen and oxygen atoms in total. The van der Waals surface area contributed by atoms with Crippen molar-refractivity contribution in [3.63, 3.8) is 0 Å². The van der Waals surface area contributed by atoms with Crippen molar-refractivity contribution in [1.82, 2.24) is 20.7 Å². The maximum Gasteiger partial charge on any atom is 0.260 e. The Morgan fingerprint density at radius 2 is 1.90 bits per heavy atom. The van der Waals surface area contributed by atoms with E-state index in [2.05, 4.69) is 48.8 Å². The van der Waals surface area contributed by atoms with Crippen LogP contribution in [0.25, 0.3) is 0 Å². The monoisotopic (exact) mass is 534 g/mol. The molecule has 210 valence electrons. The Kier molecular flexibility index (Phi) is 9.12. The maximum atomic E-state index is 13.6. The Balaban J connectivity index is 1.54. The quantitative estimate of drug-likeness (QED) is 0.425. The fourth-order valence-corrected chi connectivity index (χ4v) is 5.30. The van der Waals surface area contributed by atoms with Crippen LogP contribution in [-0.2, 0) is 20.8 Å². The molecule has 1 aliphatic carbocycles. The van der Waals surface area contributed by atoms with Crippen LogP contribution < -0.4 is 20.4 Å². The van der Waals surface area contributed by atoms with E-state index >= 15 is 0 Å². The number of hydrazine groups is 1. The van der Waals surface area contributed by atoms with Gasteiger partial charge in [0.05, 0.1) is 19.6 Å². The Morgan fingerprint density at radius 3 is 2.62 bits per heavy atom. The Bertz CT molecular complexity index is 1200. The van der Waals surface area contributed by atoms with Crippen LogP contribution in [-0.4, -0.2) is 80.1 Å². The van der Waals surface area contributed by atoms with Crippen molar-refractivity contribution >= 4 is 29.1 Å². The average molecular weight is 535 g/mol. The molecule has 0 radical (unpaired) electrons. The minimum atomic E-state index is -0.135. The van der Waals surface area contributed by atoms with Crippen LogP contribution in [0, 0.1) is 6.92 Å². The molecule has 3 amide bonds. The number of hydrogen-bond donors (Lipinski definition) is 2. The summed E-state index contributed by atoms with van der Waals surface area (Å²) in [5.74, 6) is -0.106. The van der Waals surface area contributed by atoms with Gasteiger partial charge in [0, 0.05) is 56.7 Å². The van der Waals surface area contributed by atoms with E-state index in [0.29, 0.717) is 45.1 Å². The van der Waals surface area contributed by atoms with Crippen molar-refractivity contribution in [2.24, 2.45) is 0 Å². The van der Waals surface area contributed by atoms with Gasteiger partial charge in [-0.05, 0) is 61.1 Å². The minimum absolute atomic E-state index is 0.0567. The number of aryl methyl sites for hydroxylation is 2. The van der Waals surface area contributed by atoms with E-state index in [1.165, 1.54) is 11.1 Å². The molecule has 9 heteroatoms. The van der Waals surface area contributed by atoms with Gasteiger partial charge >= 0.3 is 0 Å². The lowest BCUT2D eigenvalue weighted by molar-refractivity contribution is -0.139. The van der Waals surface area contributed by atoms with Crippen molar-refractivity contribution in [2.75, 3.05) is 56.1 Å². The van der Waals surface area contributed by atoms with Crippen LogP contribution in [0.5, 0.6) is 0 Å². The zero-order valence-corrected chi connectivity index (χ0v) is 23.9. The summed E-state index contributed by atoms with van der Waals surface area (Å²) in [7, 11) is 1.78. The average Bonchev–Trinajstić information content (AvgIpc) is 3.34. The van der Waals surface area contributed by atoms with Crippen LogP contribution in [0.3, 0.4) is 0 Å². The number of anilines is 2. The molecule has 1 aromatic rings. The highest BCUT2D eigenvalue weighted by Gasteiger charge is 2.28. The fourth-order valence-electron chi connectivity index (χ4n) is 5.30. The molecule has 2 N–H and O–H groups in total. The minimum Gasteiger partial charge on any atom is -0.353 e. The summed E-state index contributed by atoms with van der Waals surface area (Å²) in [6.45, 7) is 10.7. The number of hydrogen-bond acceptors (Lipinski definition) is 6. The Labute approximate surface area is 232 Å². The van der Waals surface area contributed by atoms with Gasteiger partial charge in [-0.1, -0.05) is 32.1 Å². The first-order chi connectivity index (χ1) is 18.7. The van der Waals surface area contributed by atoms with E-state index in [-0.39, 0.29) is 30.8 Å². The van der Waals surface area contributed by atoms with Crippen molar-refractivity contribution in [3.05, 3.63) is 58.8 Å². The molecule has 39 heavy (non-hydrogen) atoms. The van der Waals surface area contributed by atoms with E-state index in [1.54, 1.807) is 12.1 Å². The first-order valence-electron chi connectivity index (χ1n) is 14.0. The summed E-state index contributed by atoms with van der Waals surface area (Å²) in [5.41, 5.74) is 6.22. The smallest absolute Gasteiger partial charge is 0.260 e. The molecule has 0 saturated heterocycles. The van der Waals surface area contributed by atoms with Crippen molar-refractivity contribution < 1.29 is 14.4 Å². The second-order valence-electron chi connectivity index (χ2n) is 10.7. The SMILES string of the molecule is CCN1C(=O)CCc2cc(N(CC(=O)NCCNC(C)C)CC(=O)N(C)N3C=C4CC=CC=C4C3)c(C)cc21. The van der Waals surface area contributed by atoms with E-state index < -0.39 is 0 Å². The van der Waals surface area contributed by atoms with Crippen molar-refractivity contribution in [2.45, 2.75) is 53.0 Å². The van der Waals surface area contributed by atoms with Crippen LogP contribution in [0.4, 0.5) is 11.4 Å². The lowest BCUT2D eigenvalue weighted by Gasteiger charge is -2.34. The fraction of sp³-hybridized carbons (Fsp3) is 0.500. The molecule has 0 spiro atoms. The third-order valence-electron chi connectivity index (χ3n) is 7.48. The summed E-state index contributed by atoms with van der Waals surface area (Å²) < 4.78 is 0. The molecule has 1 aromatic carbocycles. The molecule has 0 unspecified atom stereocenters. The number of likely N-dealkylation sites (N-methyl/N-ethyl adjacent to an activating group) is 1. The molecule has 0 saturated carbocycles. The highest BCUT2D eigenvalue weighted by Crippen LogP contribution is 2.34. The second-order valence-corrected chi connectivity index (χ2v) is 10.7. The van der Waals surface area contributed by atoms with Gasteiger partial charge in [-0.15, -0.1) is 0 Å². The molecule has 4 rings (SSSR count). The largest absolute Gasteiger partial charge is 0.353 e. The molecule has 2 heterocycles. The number of fused-ring (bicyclic) bond motifs is 2. The standard InChI is InChI=1S/C30H42N6O3/c1-6-36-27-15-22(4)26(16-23(27)11-12-29(36)38)34(19-28(37)32-14-13-31-21(2)3)20-30(39)33(5)35-17-24-9-7-8-10-25(24)18-35/h7-9,15-16,18,21,31H,6,10-14,17,19-20H2,1-5H3,(H,32,37). The van der Waals surface area contributed by atoms with Crippen LogP contribution >= 0.6 is 0 Å². The summed E-state index contributed by atoms with van der Waals surface area (Å²) in [6.07, 6.45) is 10.3. The van der Waals surface area contributed by atoms with Gasteiger partial charge in [-0.2, -0.15) is 0 Å².